The Kier molecular flexibility index (Phi) is 5.75. The number of anilines is 1. The number of carbonyl (C=O) groups excluding carboxylic acids is 1. The molecule has 3 aromatic carbocycles. The lowest BCUT2D eigenvalue weighted by atomic mass is 9.99. The van der Waals surface area contributed by atoms with Crippen molar-refractivity contribution in [2.45, 2.75) is 51.0 Å². The van der Waals surface area contributed by atoms with Crippen molar-refractivity contribution in [3.8, 4) is 0 Å². The summed E-state index contributed by atoms with van der Waals surface area (Å²) in [5.74, 6) is -0.0580. The molecule has 0 saturated carbocycles. The van der Waals surface area contributed by atoms with Crippen molar-refractivity contribution in [3.05, 3.63) is 71.3 Å². The van der Waals surface area contributed by atoms with E-state index < -0.39 is 10.0 Å². The molecule has 0 radical (unpaired) electrons. The molecule has 6 heteroatoms. The monoisotopic (exact) mass is 436 g/mol. The van der Waals surface area contributed by atoms with Crippen LogP contribution in [0.1, 0.15) is 48.9 Å². The van der Waals surface area contributed by atoms with Gasteiger partial charge in [-0.3, -0.25) is 9.10 Å². The molecule has 1 aliphatic heterocycles. The van der Waals surface area contributed by atoms with Gasteiger partial charge in [-0.15, -0.1) is 0 Å². The Labute approximate surface area is 184 Å². The largest absolute Gasteiger partial charge is 0.349 e. The second-order valence-electron chi connectivity index (χ2n) is 8.18. The molecular formula is C25H28N2O3S. The minimum absolute atomic E-state index is 0.0414. The van der Waals surface area contributed by atoms with Crippen molar-refractivity contribution in [3.63, 3.8) is 0 Å². The minimum Gasteiger partial charge on any atom is -0.349 e. The second kappa shape index (κ2) is 8.35. The van der Waals surface area contributed by atoms with E-state index in [-0.39, 0.29) is 24.9 Å². The third kappa shape index (κ3) is 3.92. The van der Waals surface area contributed by atoms with E-state index in [0.29, 0.717) is 17.0 Å². The summed E-state index contributed by atoms with van der Waals surface area (Å²) in [5, 5.41) is 4.79. The first kappa shape index (κ1) is 21.4. The Morgan fingerprint density at radius 3 is 2.48 bits per heavy atom. The van der Waals surface area contributed by atoms with Crippen LogP contribution in [0.5, 0.6) is 0 Å². The molecule has 4 rings (SSSR count). The van der Waals surface area contributed by atoms with E-state index in [1.54, 1.807) is 12.1 Å². The van der Waals surface area contributed by atoms with Crippen LogP contribution >= 0.6 is 0 Å². The van der Waals surface area contributed by atoms with Gasteiger partial charge in [-0.25, -0.2) is 8.42 Å². The zero-order valence-electron chi connectivity index (χ0n) is 18.2. The molecule has 0 aliphatic carbocycles. The zero-order chi connectivity index (χ0) is 22.2. The smallest absolute Gasteiger partial charge is 0.265 e. The van der Waals surface area contributed by atoms with Crippen molar-refractivity contribution >= 4 is 32.4 Å². The summed E-state index contributed by atoms with van der Waals surface area (Å²) in [6.45, 7) is 6.48. The predicted octanol–water partition coefficient (Wildman–Crippen LogP) is 5.01. The van der Waals surface area contributed by atoms with Crippen LogP contribution in [0.4, 0.5) is 5.69 Å². The molecule has 5 nitrogen and oxygen atoms in total. The maximum atomic E-state index is 13.0. The number of nitrogens with one attached hydrogen (secondary N) is 1. The summed E-state index contributed by atoms with van der Waals surface area (Å²) >= 11 is 0. The molecule has 0 unspecified atom stereocenters. The normalized spacial score (nSPS) is 15.3. The first-order chi connectivity index (χ1) is 14.8. The van der Waals surface area contributed by atoms with Crippen LogP contribution in [-0.2, 0) is 14.8 Å². The summed E-state index contributed by atoms with van der Waals surface area (Å²) < 4.78 is 27.5. The highest BCUT2D eigenvalue weighted by atomic mass is 32.2. The third-order valence-corrected chi connectivity index (χ3v) is 7.98. The molecule has 0 saturated heterocycles. The van der Waals surface area contributed by atoms with Gasteiger partial charge in [0.2, 0.25) is 5.91 Å². The average Bonchev–Trinajstić information content (AvgIpc) is 2.97. The molecule has 0 fully saturated rings. The molecular weight excluding hydrogens is 408 g/mol. The van der Waals surface area contributed by atoms with Gasteiger partial charge in [0.05, 0.1) is 16.6 Å². The molecule has 31 heavy (non-hydrogen) atoms. The Balaban J connectivity index is 1.42. The molecule has 3 aromatic rings. The molecule has 0 spiro atoms. The number of benzene rings is 3. The fourth-order valence-electron chi connectivity index (χ4n) is 4.25. The van der Waals surface area contributed by atoms with Crippen LogP contribution in [0.2, 0.25) is 0 Å². The van der Waals surface area contributed by atoms with Gasteiger partial charge in [0.25, 0.3) is 10.0 Å². The number of rotatable bonds is 7. The van der Waals surface area contributed by atoms with E-state index in [1.807, 2.05) is 24.3 Å². The maximum absolute atomic E-state index is 13.0. The molecule has 0 aromatic heterocycles. The summed E-state index contributed by atoms with van der Waals surface area (Å²) in [6, 6.07) is 17.2. The number of aryl methyl sites for hydroxylation is 2. The van der Waals surface area contributed by atoms with Gasteiger partial charge in [-0.05, 0) is 60.9 Å². The average molecular weight is 437 g/mol. The lowest BCUT2D eigenvalue weighted by Crippen LogP contribution is -2.31. The van der Waals surface area contributed by atoms with Crippen LogP contribution in [0.3, 0.4) is 0 Å². The van der Waals surface area contributed by atoms with Crippen molar-refractivity contribution in [1.82, 2.24) is 5.32 Å². The predicted molar refractivity (Wildman–Crippen MR) is 125 cm³/mol. The van der Waals surface area contributed by atoms with Gasteiger partial charge >= 0.3 is 0 Å². The van der Waals surface area contributed by atoms with E-state index in [0.717, 1.165) is 22.8 Å². The van der Waals surface area contributed by atoms with Gasteiger partial charge in [0, 0.05) is 18.4 Å². The lowest BCUT2D eigenvalue weighted by Gasteiger charge is -2.20. The highest BCUT2D eigenvalue weighted by Gasteiger charge is 2.35. The standard InChI is InChI=1S/C25H28N2O3S/c1-4-21(20-14-13-17(2)18(3)16-20)26-24(28)12-7-15-27-22-10-5-8-19-9-6-11-23(25(19)22)31(27,29)30/h5-6,8-11,13-14,16,21H,4,7,12,15H2,1-3H3,(H,26,28)/t21-/m0/s1. The quantitative estimate of drug-likeness (QED) is 0.566. The Morgan fingerprint density at radius 1 is 1.03 bits per heavy atom. The summed E-state index contributed by atoms with van der Waals surface area (Å²) in [6.07, 6.45) is 1.53. The van der Waals surface area contributed by atoms with Crippen molar-refractivity contribution < 1.29 is 13.2 Å². The van der Waals surface area contributed by atoms with Crippen LogP contribution in [0.15, 0.2) is 59.5 Å². The number of nitrogens with zero attached hydrogens (tertiary/aromatic N) is 1. The zero-order valence-corrected chi connectivity index (χ0v) is 19.0. The molecule has 1 aliphatic rings. The van der Waals surface area contributed by atoms with Crippen LogP contribution in [-0.4, -0.2) is 20.9 Å². The van der Waals surface area contributed by atoms with E-state index in [2.05, 4.69) is 44.3 Å². The van der Waals surface area contributed by atoms with E-state index >= 15 is 0 Å². The molecule has 1 heterocycles. The molecule has 162 valence electrons. The molecule has 1 N–H and O–H groups in total. The van der Waals surface area contributed by atoms with Gasteiger partial charge in [-0.1, -0.05) is 49.4 Å². The Bertz CT molecular complexity index is 1250. The number of carbonyl (C=O) groups is 1. The van der Waals surface area contributed by atoms with Crippen LogP contribution in [0.25, 0.3) is 10.8 Å². The number of amides is 1. The van der Waals surface area contributed by atoms with E-state index in [9.17, 15) is 13.2 Å². The summed E-state index contributed by atoms with van der Waals surface area (Å²) in [7, 11) is -3.57. The van der Waals surface area contributed by atoms with Gasteiger partial charge in [0.1, 0.15) is 0 Å². The number of sulfonamides is 1. The van der Waals surface area contributed by atoms with Crippen LogP contribution in [0, 0.1) is 13.8 Å². The Hall–Kier alpha value is -2.86. The lowest BCUT2D eigenvalue weighted by molar-refractivity contribution is -0.121. The van der Waals surface area contributed by atoms with E-state index in [1.165, 1.54) is 15.4 Å². The first-order valence-electron chi connectivity index (χ1n) is 10.7. The van der Waals surface area contributed by atoms with Crippen molar-refractivity contribution in [2.75, 3.05) is 10.8 Å². The van der Waals surface area contributed by atoms with Gasteiger partial charge < -0.3 is 5.32 Å². The van der Waals surface area contributed by atoms with Crippen molar-refractivity contribution in [1.29, 1.82) is 0 Å². The Morgan fingerprint density at radius 2 is 1.77 bits per heavy atom. The fraction of sp³-hybridized carbons (Fsp3) is 0.320. The second-order valence-corrected chi connectivity index (χ2v) is 10.0. The van der Waals surface area contributed by atoms with Crippen LogP contribution < -0.4 is 9.62 Å². The topological polar surface area (TPSA) is 66.5 Å². The van der Waals surface area contributed by atoms with E-state index in [4.69, 9.17) is 0 Å². The summed E-state index contributed by atoms with van der Waals surface area (Å²) in [5.41, 5.74) is 4.24. The fourth-order valence-corrected chi connectivity index (χ4v) is 6.00. The molecule has 1 amide bonds. The molecule has 1 atom stereocenters. The number of hydrogen-bond donors (Lipinski definition) is 1. The highest BCUT2D eigenvalue weighted by molar-refractivity contribution is 7.93. The number of hydrogen-bond acceptors (Lipinski definition) is 3. The molecule has 0 bridgehead atoms. The minimum atomic E-state index is -3.57. The van der Waals surface area contributed by atoms with Gasteiger partial charge in [0.15, 0.2) is 0 Å². The van der Waals surface area contributed by atoms with Crippen molar-refractivity contribution in [2.24, 2.45) is 0 Å². The SMILES string of the molecule is CC[C@H](NC(=O)CCCN1c2cccc3cccc(c23)S1(=O)=O)c1ccc(C)c(C)c1. The third-order valence-electron chi connectivity index (χ3n) is 6.12. The first-order valence-corrected chi connectivity index (χ1v) is 12.2. The van der Waals surface area contributed by atoms with Gasteiger partial charge in [-0.2, -0.15) is 0 Å². The highest BCUT2D eigenvalue weighted by Crippen LogP contribution is 2.41. The summed E-state index contributed by atoms with van der Waals surface area (Å²) in [4.78, 5) is 13.0. The maximum Gasteiger partial charge on any atom is 0.265 e.